The molecule has 0 saturated carbocycles. The van der Waals surface area contributed by atoms with Crippen LogP contribution in [0.15, 0.2) is 29.9 Å². The van der Waals surface area contributed by atoms with Gasteiger partial charge < -0.3 is 4.57 Å². The van der Waals surface area contributed by atoms with Crippen LogP contribution in [0.25, 0.3) is 11.0 Å². The Morgan fingerprint density at radius 1 is 1.39 bits per heavy atom. The lowest BCUT2D eigenvalue weighted by Crippen LogP contribution is -2.02. The van der Waals surface area contributed by atoms with Crippen LogP contribution in [-0.2, 0) is 12.4 Å². The van der Waals surface area contributed by atoms with E-state index in [1.54, 1.807) is 22.9 Å². The molecule has 0 unspecified atom stereocenters. The zero-order valence-electron chi connectivity index (χ0n) is 9.31. The molecule has 2 aromatic heterocycles. The molecule has 6 heteroatoms. The van der Waals surface area contributed by atoms with E-state index < -0.39 is 0 Å². The van der Waals surface area contributed by atoms with Crippen LogP contribution in [0.2, 0.25) is 0 Å². The second kappa shape index (κ2) is 4.66. The van der Waals surface area contributed by atoms with Gasteiger partial charge in [0, 0.05) is 17.1 Å². The van der Waals surface area contributed by atoms with E-state index in [1.165, 1.54) is 12.1 Å². The van der Waals surface area contributed by atoms with Gasteiger partial charge in [0.2, 0.25) is 0 Å². The van der Waals surface area contributed by atoms with E-state index in [-0.39, 0.29) is 5.82 Å². The van der Waals surface area contributed by atoms with Crippen LogP contribution in [0.3, 0.4) is 0 Å². The van der Waals surface area contributed by atoms with Crippen LogP contribution < -0.4 is 0 Å². The summed E-state index contributed by atoms with van der Waals surface area (Å²) < 4.78 is 15.2. The van der Waals surface area contributed by atoms with E-state index in [1.807, 2.05) is 10.8 Å². The van der Waals surface area contributed by atoms with E-state index in [4.69, 9.17) is 11.6 Å². The molecule has 0 atom stereocenters. The Morgan fingerprint density at radius 3 is 3.00 bits per heavy atom. The number of hydrogen-bond acceptors (Lipinski definition) is 3. The summed E-state index contributed by atoms with van der Waals surface area (Å²) >= 11 is 7.47. The molecule has 0 bridgehead atoms. The van der Waals surface area contributed by atoms with E-state index in [2.05, 4.69) is 9.97 Å². The van der Waals surface area contributed by atoms with Crippen molar-refractivity contribution in [1.82, 2.24) is 14.5 Å². The van der Waals surface area contributed by atoms with Crippen LogP contribution >= 0.6 is 22.9 Å². The SMILES string of the molecule is Fc1ccc2c(c1)nc(CCl)n2Cc1cncs1. The Hall–Kier alpha value is -1.46. The molecule has 0 saturated heterocycles. The van der Waals surface area contributed by atoms with Gasteiger partial charge in [0.1, 0.15) is 11.6 Å². The van der Waals surface area contributed by atoms with Crippen LogP contribution in [0.1, 0.15) is 10.7 Å². The molecule has 0 aliphatic heterocycles. The lowest BCUT2D eigenvalue weighted by Gasteiger charge is -2.05. The monoisotopic (exact) mass is 281 g/mol. The third-order valence-corrected chi connectivity index (χ3v) is 3.71. The van der Waals surface area contributed by atoms with Gasteiger partial charge in [-0.15, -0.1) is 22.9 Å². The fourth-order valence-corrected chi connectivity index (χ4v) is 2.69. The van der Waals surface area contributed by atoms with Crippen molar-refractivity contribution in [3.8, 4) is 0 Å². The van der Waals surface area contributed by atoms with Crippen molar-refractivity contribution in [2.24, 2.45) is 0 Å². The highest BCUT2D eigenvalue weighted by atomic mass is 35.5. The number of halogens is 2. The second-order valence-corrected chi connectivity index (χ2v) is 5.09. The van der Waals surface area contributed by atoms with Crippen molar-refractivity contribution in [2.45, 2.75) is 12.4 Å². The van der Waals surface area contributed by atoms with Crippen molar-refractivity contribution in [3.63, 3.8) is 0 Å². The maximum atomic E-state index is 13.2. The number of benzene rings is 1. The topological polar surface area (TPSA) is 30.7 Å². The number of hydrogen-bond donors (Lipinski definition) is 0. The molecule has 1 aromatic carbocycles. The van der Waals surface area contributed by atoms with E-state index >= 15 is 0 Å². The molecule has 18 heavy (non-hydrogen) atoms. The molecule has 3 nitrogen and oxygen atoms in total. The molecule has 0 spiro atoms. The Balaban J connectivity index is 2.13. The van der Waals surface area contributed by atoms with Crippen molar-refractivity contribution >= 4 is 34.0 Å². The van der Waals surface area contributed by atoms with E-state index in [0.717, 1.165) is 16.2 Å². The quantitative estimate of drug-likeness (QED) is 0.689. The summed E-state index contributed by atoms with van der Waals surface area (Å²) in [6.45, 7) is 0.662. The zero-order valence-corrected chi connectivity index (χ0v) is 10.9. The average molecular weight is 282 g/mol. The molecule has 0 amide bonds. The standard InChI is InChI=1S/C12H9ClFN3S/c13-4-12-16-10-3-8(14)1-2-11(10)17(12)6-9-5-15-7-18-9/h1-3,5,7H,4,6H2. The molecule has 0 aliphatic carbocycles. The smallest absolute Gasteiger partial charge is 0.125 e. The van der Waals surface area contributed by atoms with Gasteiger partial charge in [-0.2, -0.15) is 0 Å². The average Bonchev–Trinajstić information content (AvgIpc) is 2.97. The Morgan fingerprint density at radius 2 is 2.28 bits per heavy atom. The maximum Gasteiger partial charge on any atom is 0.125 e. The summed E-state index contributed by atoms with van der Waals surface area (Å²) in [7, 11) is 0. The van der Waals surface area contributed by atoms with Crippen LogP contribution in [-0.4, -0.2) is 14.5 Å². The lowest BCUT2D eigenvalue weighted by atomic mass is 10.3. The Labute approximate surface area is 112 Å². The molecule has 2 heterocycles. The highest BCUT2D eigenvalue weighted by Gasteiger charge is 2.11. The minimum Gasteiger partial charge on any atom is -0.322 e. The number of alkyl halides is 1. The summed E-state index contributed by atoms with van der Waals surface area (Å²) in [4.78, 5) is 9.51. The number of rotatable bonds is 3. The molecule has 0 aliphatic rings. The van der Waals surface area contributed by atoms with Gasteiger partial charge >= 0.3 is 0 Å². The van der Waals surface area contributed by atoms with Crippen LogP contribution in [0, 0.1) is 5.82 Å². The molecular formula is C12H9ClFN3S. The van der Waals surface area contributed by atoms with Gasteiger partial charge in [-0.3, -0.25) is 4.98 Å². The first-order chi connectivity index (χ1) is 8.78. The predicted molar refractivity (Wildman–Crippen MR) is 70.5 cm³/mol. The summed E-state index contributed by atoms with van der Waals surface area (Å²) in [6.07, 6.45) is 1.82. The number of aromatic nitrogens is 3. The Kier molecular flexibility index (Phi) is 3.01. The van der Waals surface area contributed by atoms with E-state index in [0.29, 0.717) is 17.9 Å². The molecule has 0 fully saturated rings. The number of thiazole rings is 1. The first kappa shape index (κ1) is 11.6. The van der Waals surface area contributed by atoms with Crippen molar-refractivity contribution in [3.05, 3.63) is 46.4 Å². The van der Waals surface area contributed by atoms with Gasteiger partial charge in [-0.1, -0.05) is 0 Å². The van der Waals surface area contributed by atoms with Gasteiger partial charge in [-0.25, -0.2) is 9.37 Å². The fourth-order valence-electron chi connectivity index (χ4n) is 1.91. The fraction of sp³-hybridized carbons (Fsp3) is 0.167. The number of fused-ring (bicyclic) bond motifs is 1. The molecular weight excluding hydrogens is 273 g/mol. The largest absolute Gasteiger partial charge is 0.322 e. The highest BCUT2D eigenvalue weighted by Crippen LogP contribution is 2.21. The lowest BCUT2D eigenvalue weighted by molar-refractivity contribution is 0.629. The van der Waals surface area contributed by atoms with E-state index in [9.17, 15) is 4.39 Å². The summed E-state index contributed by atoms with van der Waals surface area (Å²) in [5.41, 5.74) is 3.31. The van der Waals surface area contributed by atoms with Crippen molar-refractivity contribution in [2.75, 3.05) is 0 Å². The van der Waals surface area contributed by atoms with Crippen molar-refractivity contribution in [1.29, 1.82) is 0 Å². The summed E-state index contributed by atoms with van der Waals surface area (Å²) in [5.74, 6) is 0.756. The van der Waals surface area contributed by atoms with Gasteiger partial charge in [0.25, 0.3) is 0 Å². The molecule has 0 radical (unpaired) electrons. The second-order valence-electron chi connectivity index (χ2n) is 3.85. The van der Waals surface area contributed by atoms with Crippen LogP contribution in [0.4, 0.5) is 4.39 Å². The zero-order chi connectivity index (χ0) is 12.5. The van der Waals surface area contributed by atoms with Gasteiger partial charge in [0.15, 0.2) is 0 Å². The Bertz CT molecular complexity index is 678. The molecule has 3 rings (SSSR count). The highest BCUT2D eigenvalue weighted by molar-refractivity contribution is 7.09. The molecule has 0 N–H and O–H groups in total. The summed E-state index contributed by atoms with van der Waals surface area (Å²) in [5, 5.41) is 0. The van der Waals surface area contributed by atoms with Gasteiger partial charge in [0.05, 0.1) is 29.0 Å². The maximum absolute atomic E-state index is 13.2. The number of imidazole rings is 1. The first-order valence-electron chi connectivity index (χ1n) is 5.36. The predicted octanol–water partition coefficient (Wildman–Crippen LogP) is 3.42. The first-order valence-corrected chi connectivity index (χ1v) is 6.77. The normalized spacial score (nSPS) is 11.2. The minimum atomic E-state index is -0.286. The molecule has 92 valence electrons. The third kappa shape index (κ3) is 2.00. The summed E-state index contributed by atoms with van der Waals surface area (Å²) in [6, 6.07) is 4.59. The third-order valence-electron chi connectivity index (χ3n) is 2.71. The van der Waals surface area contributed by atoms with Crippen LogP contribution in [0.5, 0.6) is 0 Å². The minimum absolute atomic E-state index is 0.286. The number of nitrogens with zero attached hydrogens (tertiary/aromatic N) is 3. The van der Waals surface area contributed by atoms with Crippen molar-refractivity contribution < 1.29 is 4.39 Å². The molecule has 3 aromatic rings. The van der Waals surface area contributed by atoms with Gasteiger partial charge in [-0.05, 0) is 12.1 Å².